The molecule has 2 N–H and O–H groups in total. The molecule has 0 aliphatic carbocycles. The van der Waals surface area contributed by atoms with E-state index in [2.05, 4.69) is 50.8 Å². The smallest absolute Gasteiger partial charge is 0.290 e. The zero-order chi connectivity index (χ0) is 19.5. The van der Waals surface area contributed by atoms with Crippen molar-refractivity contribution in [2.24, 2.45) is 0 Å². The van der Waals surface area contributed by atoms with Gasteiger partial charge in [0.05, 0.1) is 23.6 Å². The number of anilines is 2. The lowest BCUT2D eigenvalue weighted by atomic mass is 10.3. The van der Waals surface area contributed by atoms with Crippen LogP contribution in [0.1, 0.15) is 11.4 Å². The van der Waals surface area contributed by atoms with Crippen LogP contribution < -0.4 is 10.2 Å². The van der Waals surface area contributed by atoms with Crippen LogP contribution in [0.2, 0.25) is 0 Å². The molecule has 0 bridgehead atoms. The molecular weight excluding hydrogens is 362 g/mol. The SMILES string of the molecule is Cc1nn(-c2nn[nH]n2)c(C)c1NC(=O)CN1CCN(c2ncccn2)CC1. The van der Waals surface area contributed by atoms with E-state index in [1.807, 2.05) is 13.8 Å². The van der Waals surface area contributed by atoms with Gasteiger partial charge in [0.15, 0.2) is 0 Å². The van der Waals surface area contributed by atoms with Crippen molar-refractivity contribution in [2.75, 3.05) is 42.9 Å². The predicted molar refractivity (Wildman–Crippen MR) is 100 cm³/mol. The first-order chi connectivity index (χ1) is 13.6. The molecule has 0 saturated carbocycles. The van der Waals surface area contributed by atoms with E-state index in [4.69, 9.17) is 0 Å². The molecule has 1 amide bonds. The summed E-state index contributed by atoms with van der Waals surface area (Å²) in [7, 11) is 0. The third kappa shape index (κ3) is 3.67. The number of carbonyl (C=O) groups is 1. The number of piperazine rings is 1. The van der Waals surface area contributed by atoms with Gasteiger partial charge in [0, 0.05) is 38.6 Å². The lowest BCUT2D eigenvalue weighted by Crippen LogP contribution is -2.49. The molecule has 1 fully saturated rings. The van der Waals surface area contributed by atoms with Crippen molar-refractivity contribution in [2.45, 2.75) is 13.8 Å². The molecule has 3 aromatic rings. The Balaban J connectivity index is 1.34. The lowest BCUT2D eigenvalue weighted by molar-refractivity contribution is -0.117. The molecular formula is C16H21N11O. The van der Waals surface area contributed by atoms with Crippen LogP contribution in [-0.2, 0) is 4.79 Å². The largest absolute Gasteiger partial charge is 0.338 e. The van der Waals surface area contributed by atoms with Gasteiger partial charge in [-0.2, -0.15) is 15.0 Å². The van der Waals surface area contributed by atoms with E-state index in [1.165, 1.54) is 0 Å². The van der Waals surface area contributed by atoms with Crippen LogP contribution in [0.5, 0.6) is 0 Å². The fourth-order valence-electron chi connectivity index (χ4n) is 3.21. The molecule has 0 unspecified atom stereocenters. The van der Waals surface area contributed by atoms with Crippen molar-refractivity contribution >= 4 is 17.5 Å². The maximum atomic E-state index is 12.6. The standard InChI is InChI=1S/C16H21N11O/c1-11-14(12(2)27(22-11)16-20-23-24-21-16)19-13(28)10-25-6-8-26(9-7-25)15-17-4-3-5-18-15/h3-5H,6-10H2,1-2H3,(H,19,28)(H,20,21,23,24). The normalized spacial score (nSPS) is 15.0. The van der Waals surface area contributed by atoms with Gasteiger partial charge in [0.2, 0.25) is 11.9 Å². The molecule has 0 aromatic carbocycles. The van der Waals surface area contributed by atoms with E-state index in [-0.39, 0.29) is 5.91 Å². The summed E-state index contributed by atoms with van der Waals surface area (Å²) in [5, 5.41) is 21.1. The van der Waals surface area contributed by atoms with E-state index in [0.717, 1.165) is 37.8 Å². The number of amides is 1. The predicted octanol–water partition coefficient (Wildman–Crippen LogP) is -0.447. The summed E-state index contributed by atoms with van der Waals surface area (Å²) in [5.41, 5.74) is 2.12. The van der Waals surface area contributed by atoms with Crippen LogP contribution in [0.25, 0.3) is 5.95 Å². The fourth-order valence-corrected chi connectivity index (χ4v) is 3.21. The fraction of sp³-hybridized carbons (Fsp3) is 0.438. The number of rotatable bonds is 5. The quantitative estimate of drug-likeness (QED) is 0.601. The highest BCUT2D eigenvalue weighted by molar-refractivity contribution is 5.93. The number of carbonyl (C=O) groups excluding carboxylic acids is 1. The molecule has 0 atom stereocenters. The highest BCUT2D eigenvalue weighted by Gasteiger charge is 2.22. The Labute approximate surface area is 161 Å². The third-order valence-electron chi connectivity index (χ3n) is 4.65. The van der Waals surface area contributed by atoms with Gasteiger partial charge in [-0.25, -0.2) is 9.97 Å². The number of H-pyrrole nitrogens is 1. The second-order valence-corrected chi connectivity index (χ2v) is 6.53. The first kappa shape index (κ1) is 18.0. The van der Waals surface area contributed by atoms with E-state index < -0.39 is 0 Å². The van der Waals surface area contributed by atoms with Gasteiger partial charge >= 0.3 is 0 Å². The molecule has 3 aromatic heterocycles. The highest BCUT2D eigenvalue weighted by atomic mass is 16.2. The summed E-state index contributed by atoms with van der Waals surface area (Å²) < 4.78 is 1.55. The number of aromatic nitrogens is 8. The Hall–Kier alpha value is -3.41. The van der Waals surface area contributed by atoms with Gasteiger partial charge in [0.1, 0.15) is 0 Å². The zero-order valence-corrected chi connectivity index (χ0v) is 15.7. The monoisotopic (exact) mass is 383 g/mol. The van der Waals surface area contributed by atoms with Crippen LogP contribution in [0.15, 0.2) is 18.5 Å². The minimum absolute atomic E-state index is 0.0803. The third-order valence-corrected chi connectivity index (χ3v) is 4.65. The number of nitrogens with zero attached hydrogens (tertiary/aromatic N) is 9. The average molecular weight is 383 g/mol. The number of nitrogens with one attached hydrogen (secondary N) is 2. The Morgan fingerprint density at radius 1 is 1.14 bits per heavy atom. The van der Waals surface area contributed by atoms with Gasteiger partial charge in [-0.05, 0) is 25.1 Å². The van der Waals surface area contributed by atoms with E-state index in [1.54, 1.807) is 23.1 Å². The number of tetrazole rings is 1. The van der Waals surface area contributed by atoms with Gasteiger partial charge in [0.25, 0.3) is 5.95 Å². The Morgan fingerprint density at radius 3 is 2.57 bits per heavy atom. The summed E-state index contributed by atoms with van der Waals surface area (Å²) in [6.45, 7) is 7.10. The zero-order valence-electron chi connectivity index (χ0n) is 15.7. The van der Waals surface area contributed by atoms with E-state index in [9.17, 15) is 4.79 Å². The molecule has 1 aliphatic heterocycles. The van der Waals surface area contributed by atoms with Crippen molar-refractivity contribution in [1.82, 2.24) is 45.3 Å². The van der Waals surface area contributed by atoms with Crippen LogP contribution >= 0.6 is 0 Å². The van der Waals surface area contributed by atoms with Crippen molar-refractivity contribution < 1.29 is 4.79 Å². The summed E-state index contributed by atoms with van der Waals surface area (Å²) in [4.78, 5) is 25.3. The topological polar surface area (TPSA) is 134 Å². The van der Waals surface area contributed by atoms with Crippen molar-refractivity contribution in [3.8, 4) is 5.95 Å². The molecule has 4 heterocycles. The Kier molecular flexibility index (Phi) is 4.93. The lowest BCUT2D eigenvalue weighted by Gasteiger charge is -2.34. The van der Waals surface area contributed by atoms with Crippen LogP contribution in [0.4, 0.5) is 11.6 Å². The van der Waals surface area contributed by atoms with Gasteiger partial charge in [-0.1, -0.05) is 5.10 Å². The molecule has 146 valence electrons. The Morgan fingerprint density at radius 2 is 1.89 bits per heavy atom. The number of aryl methyl sites for hydroxylation is 1. The molecule has 28 heavy (non-hydrogen) atoms. The second kappa shape index (κ2) is 7.68. The second-order valence-electron chi connectivity index (χ2n) is 6.53. The first-order valence-electron chi connectivity index (χ1n) is 8.96. The number of aromatic amines is 1. The minimum atomic E-state index is -0.0803. The van der Waals surface area contributed by atoms with Crippen molar-refractivity contribution in [1.29, 1.82) is 0 Å². The molecule has 12 nitrogen and oxygen atoms in total. The molecule has 0 spiro atoms. The van der Waals surface area contributed by atoms with Gasteiger partial charge in [-0.15, -0.1) is 5.10 Å². The molecule has 1 aliphatic rings. The summed E-state index contributed by atoms with van der Waals surface area (Å²) in [6, 6.07) is 1.80. The van der Waals surface area contributed by atoms with Crippen molar-refractivity contribution in [3.05, 3.63) is 29.8 Å². The number of hydrogen-bond donors (Lipinski definition) is 2. The molecule has 0 radical (unpaired) electrons. The maximum absolute atomic E-state index is 12.6. The van der Waals surface area contributed by atoms with Gasteiger partial charge < -0.3 is 10.2 Å². The Bertz CT molecular complexity index is 929. The minimum Gasteiger partial charge on any atom is -0.338 e. The highest BCUT2D eigenvalue weighted by Crippen LogP contribution is 2.21. The maximum Gasteiger partial charge on any atom is 0.290 e. The average Bonchev–Trinajstić information content (AvgIpc) is 3.33. The first-order valence-corrected chi connectivity index (χ1v) is 8.96. The van der Waals surface area contributed by atoms with E-state index in [0.29, 0.717) is 23.9 Å². The van der Waals surface area contributed by atoms with Gasteiger partial charge in [-0.3, -0.25) is 9.69 Å². The van der Waals surface area contributed by atoms with Crippen LogP contribution in [0.3, 0.4) is 0 Å². The summed E-state index contributed by atoms with van der Waals surface area (Å²) >= 11 is 0. The van der Waals surface area contributed by atoms with Crippen molar-refractivity contribution in [3.63, 3.8) is 0 Å². The molecule has 12 heteroatoms. The van der Waals surface area contributed by atoms with Crippen LogP contribution in [0, 0.1) is 13.8 Å². The van der Waals surface area contributed by atoms with E-state index >= 15 is 0 Å². The molecule has 4 rings (SSSR count). The summed E-state index contributed by atoms with van der Waals surface area (Å²) in [6.07, 6.45) is 3.48. The number of hydrogen-bond acceptors (Lipinski definition) is 9. The summed E-state index contributed by atoms with van der Waals surface area (Å²) in [5.74, 6) is 0.982. The van der Waals surface area contributed by atoms with Crippen LogP contribution in [-0.4, -0.2) is 83.9 Å². The molecule has 1 saturated heterocycles.